The van der Waals surface area contributed by atoms with Crippen LogP contribution in [0.3, 0.4) is 0 Å². The number of benzene rings is 1. The van der Waals surface area contributed by atoms with Crippen LogP contribution in [0.1, 0.15) is 30.0 Å². The zero-order chi connectivity index (χ0) is 21.8. The molecule has 0 saturated heterocycles. The van der Waals surface area contributed by atoms with Gasteiger partial charge in [0.15, 0.2) is 15.6 Å². The van der Waals surface area contributed by atoms with Crippen LogP contribution in [0.2, 0.25) is 0 Å². The number of furan rings is 1. The lowest BCUT2D eigenvalue weighted by Crippen LogP contribution is -2.27. The molecule has 0 fully saturated rings. The van der Waals surface area contributed by atoms with Crippen LogP contribution >= 0.6 is 0 Å². The second-order valence-corrected chi connectivity index (χ2v) is 8.80. The van der Waals surface area contributed by atoms with E-state index < -0.39 is 44.8 Å². The number of amides is 2. The van der Waals surface area contributed by atoms with Crippen LogP contribution < -0.4 is 10.6 Å². The van der Waals surface area contributed by atoms with Crippen molar-refractivity contribution in [3.8, 4) is 0 Å². The number of anilines is 2. The lowest BCUT2D eigenvalue weighted by Gasteiger charge is -2.16. The van der Waals surface area contributed by atoms with Crippen LogP contribution in [0, 0.1) is 5.92 Å². The number of sulfone groups is 1. The number of alkyl halides is 3. The van der Waals surface area contributed by atoms with Gasteiger partial charge in [0.25, 0.3) is 5.91 Å². The van der Waals surface area contributed by atoms with Crippen molar-refractivity contribution in [2.75, 3.05) is 22.1 Å². The summed E-state index contributed by atoms with van der Waals surface area (Å²) in [7, 11) is -3.76. The van der Waals surface area contributed by atoms with Crippen molar-refractivity contribution in [1.82, 2.24) is 0 Å². The molecule has 2 amide bonds. The smallest absolute Gasteiger partial charge is 0.418 e. The molecule has 1 heterocycles. The first-order chi connectivity index (χ1) is 13.4. The summed E-state index contributed by atoms with van der Waals surface area (Å²) in [6, 6.07) is 5.51. The summed E-state index contributed by atoms with van der Waals surface area (Å²) in [5.41, 5.74) is -2.02. The Hall–Kier alpha value is -2.82. The molecule has 0 aliphatic rings. The number of carbonyl (C=O) groups excluding carboxylic acids is 2. The van der Waals surface area contributed by atoms with E-state index >= 15 is 0 Å². The summed E-state index contributed by atoms with van der Waals surface area (Å²) in [5, 5.41) is 4.24. The Kier molecular flexibility index (Phi) is 6.73. The fourth-order valence-corrected chi connectivity index (χ4v) is 4.12. The molecule has 29 heavy (non-hydrogen) atoms. The van der Waals surface area contributed by atoms with Gasteiger partial charge >= 0.3 is 6.18 Å². The number of halogens is 3. The fourth-order valence-electron chi connectivity index (χ4n) is 2.52. The van der Waals surface area contributed by atoms with E-state index in [2.05, 4.69) is 5.32 Å². The Balaban J connectivity index is 2.21. The van der Waals surface area contributed by atoms with Gasteiger partial charge in [0.2, 0.25) is 5.91 Å². The molecule has 1 aromatic heterocycles. The number of nitrogens with one attached hydrogen (secondary N) is 2. The third-order valence-corrected chi connectivity index (χ3v) is 5.42. The van der Waals surface area contributed by atoms with E-state index in [0.717, 1.165) is 12.1 Å². The minimum absolute atomic E-state index is 0.0914. The Morgan fingerprint density at radius 1 is 1.14 bits per heavy atom. The SMILES string of the molecule is CC(C)CS(=O)(=O)CC(=O)Nc1ccc(NC(=O)c2ccco2)cc1C(F)(F)F. The molecule has 0 unspecified atom stereocenters. The minimum atomic E-state index is -4.86. The summed E-state index contributed by atoms with van der Waals surface area (Å²) < 4.78 is 68.8. The van der Waals surface area contributed by atoms with Gasteiger partial charge in [-0.15, -0.1) is 0 Å². The van der Waals surface area contributed by atoms with Gasteiger partial charge in [-0.1, -0.05) is 13.8 Å². The monoisotopic (exact) mass is 432 g/mol. The zero-order valence-corrected chi connectivity index (χ0v) is 16.4. The molecular weight excluding hydrogens is 413 g/mol. The summed E-state index contributed by atoms with van der Waals surface area (Å²) >= 11 is 0. The van der Waals surface area contributed by atoms with Crippen molar-refractivity contribution in [2.24, 2.45) is 5.92 Å². The third-order valence-electron chi connectivity index (χ3n) is 3.54. The number of carbonyl (C=O) groups is 2. The van der Waals surface area contributed by atoms with Crippen molar-refractivity contribution >= 4 is 33.0 Å². The molecule has 0 saturated carbocycles. The van der Waals surface area contributed by atoms with Crippen molar-refractivity contribution in [3.63, 3.8) is 0 Å². The molecule has 0 aliphatic carbocycles. The van der Waals surface area contributed by atoms with Crippen LogP contribution in [-0.2, 0) is 20.8 Å². The first-order valence-electron chi connectivity index (χ1n) is 8.44. The molecule has 2 aromatic rings. The lowest BCUT2D eigenvalue weighted by atomic mass is 10.1. The maximum absolute atomic E-state index is 13.4. The van der Waals surface area contributed by atoms with Crippen LogP contribution in [0.4, 0.5) is 24.5 Å². The Morgan fingerprint density at radius 2 is 1.83 bits per heavy atom. The molecule has 2 rings (SSSR count). The van der Waals surface area contributed by atoms with E-state index in [9.17, 15) is 31.2 Å². The van der Waals surface area contributed by atoms with E-state index in [0.29, 0.717) is 6.07 Å². The molecule has 7 nitrogen and oxygen atoms in total. The van der Waals surface area contributed by atoms with Crippen LogP contribution in [0.25, 0.3) is 0 Å². The highest BCUT2D eigenvalue weighted by atomic mass is 32.2. The Morgan fingerprint density at radius 3 is 2.38 bits per heavy atom. The van der Waals surface area contributed by atoms with Gasteiger partial charge < -0.3 is 15.1 Å². The molecule has 11 heteroatoms. The first kappa shape index (κ1) is 22.5. The lowest BCUT2D eigenvalue weighted by molar-refractivity contribution is -0.136. The molecule has 158 valence electrons. The second-order valence-electron chi connectivity index (χ2n) is 6.69. The quantitative estimate of drug-likeness (QED) is 0.696. The summed E-state index contributed by atoms with van der Waals surface area (Å²) in [6.45, 7) is 3.29. The molecule has 1 aromatic carbocycles. The van der Waals surface area contributed by atoms with Gasteiger partial charge in [-0.3, -0.25) is 9.59 Å². The molecule has 2 N–H and O–H groups in total. The maximum atomic E-state index is 13.4. The molecule has 0 aliphatic heterocycles. The van der Waals surface area contributed by atoms with Crippen LogP contribution in [0.5, 0.6) is 0 Å². The Labute approximate surface area is 165 Å². The third kappa shape index (κ3) is 6.63. The summed E-state index contributed by atoms with van der Waals surface area (Å²) in [6.07, 6.45) is -3.62. The highest BCUT2D eigenvalue weighted by Crippen LogP contribution is 2.36. The first-order valence-corrected chi connectivity index (χ1v) is 10.3. The van der Waals surface area contributed by atoms with E-state index in [1.165, 1.54) is 18.4 Å². The van der Waals surface area contributed by atoms with Crippen LogP contribution in [-0.4, -0.2) is 31.7 Å². The number of hydrogen-bond acceptors (Lipinski definition) is 5. The molecule has 0 spiro atoms. The van der Waals surface area contributed by atoms with Gasteiger partial charge in [0.05, 0.1) is 23.3 Å². The van der Waals surface area contributed by atoms with Gasteiger partial charge in [-0.25, -0.2) is 8.42 Å². The highest BCUT2D eigenvalue weighted by Gasteiger charge is 2.35. The van der Waals surface area contributed by atoms with E-state index in [4.69, 9.17) is 4.42 Å². The van der Waals surface area contributed by atoms with Gasteiger partial charge in [-0.2, -0.15) is 13.2 Å². The fraction of sp³-hybridized carbons (Fsp3) is 0.333. The molecule has 0 radical (unpaired) electrons. The standard InChI is InChI=1S/C18H19F3N2O5S/c1-11(2)9-29(26,27)10-16(24)23-14-6-5-12(8-13(14)18(19,20)21)22-17(25)15-4-3-7-28-15/h3-8,11H,9-10H2,1-2H3,(H,22,25)(H,23,24). The van der Waals surface area contributed by atoms with Crippen LogP contribution in [0.15, 0.2) is 41.0 Å². The van der Waals surface area contributed by atoms with Crippen molar-refractivity contribution in [2.45, 2.75) is 20.0 Å². The zero-order valence-electron chi connectivity index (χ0n) is 15.5. The van der Waals surface area contributed by atoms with E-state index in [-0.39, 0.29) is 23.1 Å². The van der Waals surface area contributed by atoms with E-state index in [1.54, 1.807) is 13.8 Å². The molecule has 0 bridgehead atoms. The number of rotatable bonds is 7. The number of hydrogen-bond donors (Lipinski definition) is 2. The summed E-state index contributed by atoms with van der Waals surface area (Å²) in [4.78, 5) is 23.9. The molecular formula is C18H19F3N2O5S. The minimum Gasteiger partial charge on any atom is -0.459 e. The Bertz CT molecular complexity index is 983. The predicted octanol–water partition coefficient (Wildman–Crippen LogP) is 3.56. The largest absolute Gasteiger partial charge is 0.459 e. The normalized spacial score (nSPS) is 12.1. The second kappa shape index (κ2) is 8.68. The molecule has 0 atom stereocenters. The highest BCUT2D eigenvalue weighted by molar-refractivity contribution is 7.92. The van der Waals surface area contributed by atoms with Gasteiger partial charge in [-0.05, 0) is 36.2 Å². The van der Waals surface area contributed by atoms with Crippen molar-refractivity contribution in [3.05, 3.63) is 47.9 Å². The topological polar surface area (TPSA) is 105 Å². The van der Waals surface area contributed by atoms with Crippen molar-refractivity contribution < 1.29 is 35.6 Å². The predicted molar refractivity (Wildman–Crippen MR) is 100 cm³/mol. The van der Waals surface area contributed by atoms with E-state index in [1.807, 2.05) is 5.32 Å². The average molecular weight is 432 g/mol. The van der Waals surface area contributed by atoms with Gasteiger partial charge in [0, 0.05) is 5.69 Å². The van der Waals surface area contributed by atoms with Crippen molar-refractivity contribution in [1.29, 1.82) is 0 Å². The van der Waals surface area contributed by atoms with Gasteiger partial charge in [0.1, 0.15) is 5.75 Å². The maximum Gasteiger partial charge on any atom is 0.418 e. The summed E-state index contributed by atoms with van der Waals surface area (Å²) in [5.74, 6) is -3.34. The average Bonchev–Trinajstić information content (AvgIpc) is 3.07.